The second kappa shape index (κ2) is 8.07. The molecule has 0 bridgehead atoms. The molecule has 1 N–H and O–H groups in total. The highest BCUT2D eigenvalue weighted by Gasteiger charge is 2.06. The zero-order valence-corrected chi connectivity index (χ0v) is 15.9. The summed E-state index contributed by atoms with van der Waals surface area (Å²) >= 11 is 2.26. The number of hydrazone groups is 1. The van der Waals surface area contributed by atoms with E-state index in [0.717, 1.165) is 26.0 Å². The Kier molecular flexibility index (Phi) is 5.60. The summed E-state index contributed by atoms with van der Waals surface area (Å²) in [6, 6.07) is 25.6. The lowest BCUT2D eigenvalue weighted by atomic mass is 10.0. The maximum atomic E-state index is 12.3. The Morgan fingerprint density at radius 2 is 1.36 bits per heavy atom. The fourth-order valence-corrected chi connectivity index (χ4v) is 2.76. The molecule has 3 nitrogen and oxygen atoms in total. The van der Waals surface area contributed by atoms with Crippen molar-refractivity contribution in [3.05, 3.63) is 93.6 Å². The van der Waals surface area contributed by atoms with E-state index >= 15 is 0 Å². The topological polar surface area (TPSA) is 41.5 Å². The maximum absolute atomic E-state index is 12.3. The molecule has 0 radical (unpaired) electrons. The summed E-state index contributed by atoms with van der Waals surface area (Å²) in [4.78, 5) is 12.3. The molecule has 0 aromatic heterocycles. The molecule has 0 aliphatic rings. The Hall–Kier alpha value is -2.47. The first kappa shape index (κ1) is 17.4. The molecule has 3 aromatic rings. The van der Waals surface area contributed by atoms with Gasteiger partial charge in [-0.05, 0) is 70.5 Å². The summed E-state index contributed by atoms with van der Waals surface area (Å²) in [5, 5.41) is 4.20. The normalized spacial score (nSPS) is 11.2. The van der Waals surface area contributed by atoms with Crippen LogP contribution >= 0.6 is 22.6 Å². The highest BCUT2D eigenvalue weighted by Crippen LogP contribution is 2.19. The molecule has 4 heteroatoms. The van der Waals surface area contributed by atoms with Gasteiger partial charge in [0.15, 0.2) is 0 Å². The molecule has 0 aliphatic carbocycles. The molecule has 1 amide bonds. The number of hydrogen-bond acceptors (Lipinski definition) is 2. The van der Waals surface area contributed by atoms with Crippen LogP contribution in [0.25, 0.3) is 11.1 Å². The lowest BCUT2D eigenvalue weighted by molar-refractivity contribution is 0.0955. The van der Waals surface area contributed by atoms with Gasteiger partial charge in [0.1, 0.15) is 0 Å². The van der Waals surface area contributed by atoms with Crippen LogP contribution in [0, 0.1) is 3.57 Å². The average Bonchev–Trinajstić information content (AvgIpc) is 2.67. The molecule has 3 rings (SSSR count). The average molecular weight is 440 g/mol. The minimum atomic E-state index is -0.218. The monoisotopic (exact) mass is 440 g/mol. The van der Waals surface area contributed by atoms with Crippen molar-refractivity contribution in [3.8, 4) is 11.1 Å². The van der Waals surface area contributed by atoms with Crippen LogP contribution in [0.1, 0.15) is 22.8 Å². The Balaban J connectivity index is 1.69. The summed E-state index contributed by atoms with van der Waals surface area (Å²) in [5.41, 5.74) is 7.16. The number of nitrogens with zero attached hydrogens (tertiary/aromatic N) is 1. The van der Waals surface area contributed by atoms with Crippen molar-refractivity contribution in [2.24, 2.45) is 5.10 Å². The fraction of sp³-hybridized carbons (Fsp3) is 0.0476. The highest BCUT2D eigenvalue weighted by molar-refractivity contribution is 14.1. The first-order valence-corrected chi connectivity index (χ1v) is 8.97. The molecule has 3 aromatic carbocycles. The van der Waals surface area contributed by atoms with Crippen LogP contribution in [-0.4, -0.2) is 11.6 Å². The molecule has 0 saturated carbocycles. The number of benzene rings is 3. The number of hydrogen-bond donors (Lipinski definition) is 1. The zero-order valence-electron chi connectivity index (χ0n) is 13.7. The molecular weight excluding hydrogens is 423 g/mol. The Bertz CT molecular complexity index is 885. The highest BCUT2D eigenvalue weighted by atomic mass is 127. The van der Waals surface area contributed by atoms with Crippen LogP contribution in [0.4, 0.5) is 0 Å². The third kappa shape index (κ3) is 4.54. The lowest BCUT2D eigenvalue weighted by Gasteiger charge is -2.05. The molecule has 0 aliphatic heterocycles. The van der Waals surface area contributed by atoms with Crippen molar-refractivity contribution in [1.82, 2.24) is 5.43 Å². The molecule has 0 saturated heterocycles. The number of amides is 1. The Morgan fingerprint density at radius 1 is 0.800 bits per heavy atom. The first-order valence-electron chi connectivity index (χ1n) is 7.89. The van der Waals surface area contributed by atoms with Gasteiger partial charge in [0.05, 0.1) is 5.71 Å². The maximum Gasteiger partial charge on any atom is 0.271 e. The summed E-state index contributed by atoms with van der Waals surface area (Å²) in [7, 11) is 0. The molecule has 0 unspecified atom stereocenters. The predicted octanol–water partition coefficient (Wildman–Crippen LogP) is 5.11. The lowest BCUT2D eigenvalue weighted by Crippen LogP contribution is -2.19. The Labute approximate surface area is 160 Å². The van der Waals surface area contributed by atoms with Gasteiger partial charge in [0, 0.05) is 9.13 Å². The van der Waals surface area contributed by atoms with E-state index in [9.17, 15) is 4.79 Å². The van der Waals surface area contributed by atoms with Gasteiger partial charge in [0.25, 0.3) is 5.91 Å². The van der Waals surface area contributed by atoms with E-state index in [2.05, 4.69) is 33.1 Å². The molecule has 124 valence electrons. The van der Waals surface area contributed by atoms with Crippen LogP contribution < -0.4 is 5.43 Å². The van der Waals surface area contributed by atoms with E-state index in [1.54, 1.807) is 0 Å². The third-order valence-electron chi connectivity index (χ3n) is 3.84. The van der Waals surface area contributed by atoms with Crippen LogP contribution in [0.2, 0.25) is 0 Å². The van der Waals surface area contributed by atoms with Crippen molar-refractivity contribution >= 4 is 34.2 Å². The van der Waals surface area contributed by atoms with Crippen LogP contribution in [0.15, 0.2) is 84.0 Å². The zero-order chi connectivity index (χ0) is 17.6. The van der Waals surface area contributed by atoms with Crippen LogP contribution in [0.5, 0.6) is 0 Å². The second-order valence-electron chi connectivity index (χ2n) is 5.59. The number of nitrogens with one attached hydrogen (secondary N) is 1. The standard InChI is InChI=1S/C21H17IN2O/c1-15(16-11-13-20(22)14-12-16)23-24-21(25)19-9-7-18(8-10-19)17-5-3-2-4-6-17/h2-14H,1H3,(H,24,25)/b23-15+. The van der Waals surface area contributed by atoms with Crippen LogP contribution in [-0.2, 0) is 0 Å². The fourth-order valence-electron chi connectivity index (χ4n) is 2.40. The van der Waals surface area contributed by atoms with Gasteiger partial charge in [0.2, 0.25) is 0 Å². The Morgan fingerprint density at radius 3 is 2.00 bits per heavy atom. The van der Waals surface area contributed by atoms with E-state index in [1.807, 2.05) is 85.8 Å². The van der Waals surface area contributed by atoms with Crippen molar-refractivity contribution < 1.29 is 4.79 Å². The van der Waals surface area contributed by atoms with Crippen molar-refractivity contribution in [2.45, 2.75) is 6.92 Å². The molecule has 0 heterocycles. The SMILES string of the molecule is C/C(=N\NC(=O)c1ccc(-c2ccccc2)cc1)c1ccc(I)cc1. The summed E-state index contributed by atoms with van der Waals surface area (Å²) in [6.45, 7) is 1.88. The minimum absolute atomic E-state index is 0.218. The third-order valence-corrected chi connectivity index (χ3v) is 4.56. The van der Waals surface area contributed by atoms with E-state index in [1.165, 1.54) is 0 Å². The van der Waals surface area contributed by atoms with Crippen molar-refractivity contribution in [3.63, 3.8) is 0 Å². The van der Waals surface area contributed by atoms with Gasteiger partial charge in [-0.3, -0.25) is 4.79 Å². The molecule has 0 fully saturated rings. The van der Waals surface area contributed by atoms with Gasteiger partial charge in [-0.2, -0.15) is 5.10 Å². The van der Waals surface area contributed by atoms with Gasteiger partial charge in [-0.1, -0.05) is 54.6 Å². The van der Waals surface area contributed by atoms with Gasteiger partial charge >= 0.3 is 0 Å². The minimum Gasteiger partial charge on any atom is -0.267 e. The van der Waals surface area contributed by atoms with Crippen LogP contribution in [0.3, 0.4) is 0 Å². The summed E-state index contributed by atoms with van der Waals surface area (Å²) in [5.74, 6) is -0.218. The van der Waals surface area contributed by atoms with E-state index < -0.39 is 0 Å². The second-order valence-corrected chi connectivity index (χ2v) is 6.83. The van der Waals surface area contributed by atoms with Crippen molar-refractivity contribution in [1.29, 1.82) is 0 Å². The molecule has 25 heavy (non-hydrogen) atoms. The summed E-state index contributed by atoms with van der Waals surface area (Å²) in [6.07, 6.45) is 0. The summed E-state index contributed by atoms with van der Waals surface area (Å²) < 4.78 is 1.16. The largest absolute Gasteiger partial charge is 0.271 e. The first-order chi connectivity index (χ1) is 12.1. The predicted molar refractivity (Wildman–Crippen MR) is 111 cm³/mol. The number of halogens is 1. The van der Waals surface area contributed by atoms with E-state index in [0.29, 0.717) is 5.56 Å². The van der Waals surface area contributed by atoms with Gasteiger partial charge < -0.3 is 0 Å². The molecule has 0 atom stereocenters. The number of carbonyl (C=O) groups excluding carboxylic acids is 1. The quantitative estimate of drug-likeness (QED) is 0.342. The number of rotatable bonds is 4. The molecule has 0 spiro atoms. The van der Waals surface area contributed by atoms with Gasteiger partial charge in [-0.15, -0.1) is 0 Å². The van der Waals surface area contributed by atoms with E-state index in [-0.39, 0.29) is 5.91 Å². The number of carbonyl (C=O) groups is 1. The smallest absolute Gasteiger partial charge is 0.267 e. The molecular formula is C21H17IN2O. The van der Waals surface area contributed by atoms with Gasteiger partial charge in [-0.25, -0.2) is 5.43 Å². The van der Waals surface area contributed by atoms with Crippen molar-refractivity contribution in [2.75, 3.05) is 0 Å². The van der Waals surface area contributed by atoms with E-state index in [4.69, 9.17) is 0 Å².